The molecule has 1 fully saturated rings. The van der Waals surface area contributed by atoms with E-state index in [0.717, 1.165) is 47.5 Å². The molecule has 0 N–H and O–H groups in total. The van der Waals surface area contributed by atoms with Crippen LogP contribution in [0.15, 0.2) is 46.7 Å². The Labute approximate surface area is 148 Å². The minimum Gasteiger partial charge on any atom is -0.368 e. The Bertz CT molecular complexity index is 914. The predicted octanol–water partition coefficient (Wildman–Crippen LogP) is 2.73. The molecule has 3 aromatic rings. The van der Waals surface area contributed by atoms with E-state index in [0.29, 0.717) is 6.54 Å². The van der Waals surface area contributed by atoms with Gasteiger partial charge < -0.3 is 4.90 Å². The second-order valence-corrected chi connectivity index (χ2v) is 7.14. The molecule has 0 bridgehead atoms. The third kappa shape index (κ3) is 3.05. The van der Waals surface area contributed by atoms with Crippen molar-refractivity contribution in [3.05, 3.63) is 63.0 Å². The summed E-state index contributed by atoms with van der Waals surface area (Å²) in [6.45, 7) is 4.40. The number of aromatic nitrogens is 2. The van der Waals surface area contributed by atoms with Crippen molar-refractivity contribution < 1.29 is 0 Å². The van der Waals surface area contributed by atoms with Crippen molar-refractivity contribution in [3.8, 4) is 0 Å². The zero-order chi connectivity index (χ0) is 16.5. The van der Waals surface area contributed by atoms with Gasteiger partial charge in [-0.2, -0.15) is 0 Å². The number of thiazole rings is 1. The maximum Gasteiger partial charge on any atom is 0.258 e. The Morgan fingerprint density at radius 3 is 2.75 bits per heavy atom. The van der Waals surface area contributed by atoms with E-state index in [1.807, 2.05) is 23.6 Å². The van der Waals surface area contributed by atoms with Crippen molar-refractivity contribution in [1.82, 2.24) is 14.3 Å². The van der Waals surface area contributed by atoms with Crippen LogP contribution in [0.5, 0.6) is 0 Å². The number of rotatable bonds is 3. The lowest BCUT2D eigenvalue weighted by Gasteiger charge is -2.36. The van der Waals surface area contributed by atoms with E-state index in [1.54, 1.807) is 16.7 Å². The van der Waals surface area contributed by atoms with Crippen molar-refractivity contribution in [1.29, 1.82) is 0 Å². The van der Waals surface area contributed by atoms with E-state index < -0.39 is 0 Å². The molecular weight excluding hydrogens is 344 g/mol. The molecule has 7 heteroatoms. The molecule has 0 aliphatic carbocycles. The van der Waals surface area contributed by atoms with Crippen LogP contribution >= 0.6 is 22.9 Å². The fourth-order valence-electron chi connectivity index (χ4n) is 3.05. The van der Waals surface area contributed by atoms with Crippen LogP contribution in [0.25, 0.3) is 4.96 Å². The van der Waals surface area contributed by atoms with Gasteiger partial charge in [0.2, 0.25) is 0 Å². The minimum atomic E-state index is -0.00838. The van der Waals surface area contributed by atoms with Crippen LogP contribution in [0.3, 0.4) is 0 Å². The molecule has 0 atom stereocenters. The Balaban J connectivity index is 1.44. The van der Waals surface area contributed by atoms with Crippen LogP contribution in [-0.4, -0.2) is 40.5 Å². The summed E-state index contributed by atoms with van der Waals surface area (Å²) < 4.78 is 1.59. The molecule has 5 nitrogen and oxygen atoms in total. The molecule has 1 aliphatic rings. The van der Waals surface area contributed by atoms with Gasteiger partial charge in [0, 0.05) is 50.4 Å². The van der Waals surface area contributed by atoms with Gasteiger partial charge in [-0.25, -0.2) is 4.98 Å². The molecule has 3 heterocycles. The molecule has 0 unspecified atom stereocenters. The first-order valence-electron chi connectivity index (χ1n) is 7.88. The van der Waals surface area contributed by atoms with Crippen molar-refractivity contribution in [2.24, 2.45) is 0 Å². The second kappa shape index (κ2) is 6.55. The Hall–Kier alpha value is -1.89. The standard InChI is InChI=1S/C17H17ClN4OS/c18-14-3-1-2-4-15(14)21-7-5-20(6-8-21)12-13-11-16(23)22-9-10-24-17(22)19-13/h1-4,9-11H,5-8,12H2. The molecular formula is C17H17ClN4OS. The van der Waals surface area contributed by atoms with Crippen LogP contribution in [0.2, 0.25) is 5.02 Å². The highest BCUT2D eigenvalue weighted by molar-refractivity contribution is 7.15. The highest BCUT2D eigenvalue weighted by atomic mass is 35.5. The zero-order valence-corrected chi connectivity index (χ0v) is 14.6. The van der Waals surface area contributed by atoms with Crippen LogP contribution in [0, 0.1) is 0 Å². The number of nitrogens with zero attached hydrogens (tertiary/aromatic N) is 4. The fraction of sp³-hybridized carbons (Fsp3) is 0.294. The summed E-state index contributed by atoms with van der Waals surface area (Å²) in [5.41, 5.74) is 1.93. The van der Waals surface area contributed by atoms with E-state index in [4.69, 9.17) is 11.6 Å². The molecule has 24 heavy (non-hydrogen) atoms. The van der Waals surface area contributed by atoms with E-state index in [-0.39, 0.29) is 5.56 Å². The van der Waals surface area contributed by atoms with Crippen LogP contribution in [0.1, 0.15) is 5.69 Å². The number of benzene rings is 1. The van der Waals surface area contributed by atoms with E-state index in [1.165, 1.54) is 11.3 Å². The zero-order valence-electron chi connectivity index (χ0n) is 13.1. The average Bonchev–Trinajstić information content (AvgIpc) is 3.05. The van der Waals surface area contributed by atoms with Gasteiger partial charge in [-0.1, -0.05) is 23.7 Å². The van der Waals surface area contributed by atoms with Gasteiger partial charge in [0.15, 0.2) is 4.96 Å². The lowest BCUT2D eigenvalue weighted by Crippen LogP contribution is -2.46. The Kier molecular flexibility index (Phi) is 4.26. The number of piperazine rings is 1. The number of halogens is 1. The smallest absolute Gasteiger partial charge is 0.258 e. The van der Waals surface area contributed by atoms with Gasteiger partial charge >= 0.3 is 0 Å². The van der Waals surface area contributed by atoms with E-state index in [2.05, 4.69) is 20.9 Å². The first-order valence-corrected chi connectivity index (χ1v) is 9.14. The van der Waals surface area contributed by atoms with Crippen molar-refractivity contribution in [2.75, 3.05) is 31.1 Å². The molecule has 0 amide bonds. The third-order valence-electron chi connectivity index (χ3n) is 4.31. The Morgan fingerprint density at radius 2 is 1.96 bits per heavy atom. The fourth-order valence-corrected chi connectivity index (χ4v) is 4.05. The summed E-state index contributed by atoms with van der Waals surface area (Å²) in [5, 5.41) is 2.68. The molecule has 0 spiro atoms. The van der Waals surface area contributed by atoms with Crippen LogP contribution in [-0.2, 0) is 6.54 Å². The van der Waals surface area contributed by atoms with E-state index >= 15 is 0 Å². The first-order chi connectivity index (χ1) is 11.7. The predicted molar refractivity (Wildman–Crippen MR) is 98.3 cm³/mol. The normalized spacial score (nSPS) is 16.0. The third-order valence-corrected chi connectivity index (χ3v) is 5.38. The summed E-state index contributed by atoms with van der Waals surface area (Å²) >= 11 is 7.77. The number of fused-ring (bicyclic) bond motifs is 1. The minimum absolute atomic E-state index is 0.00838. The molecule has 124 valence electrons. The molecule has 1 saturated heterocycles. The largest absolute Gasteiger partial charge is 0.368 e. The van der Waals surface area contributed by atoms with Gasteiger partial charge in [0.25, 0.3) is 5.56 Å². The highest BCUT2D eigenvalue weighted by Gasteiger charge is 2.19. The molecule has 1 aliphatic heterocycles. The first kappa shape index (κ1) is 15.6. The van der Waals surface area contributed by atoms with Crippen molar-refractivity contribution >= 4 is 33.6 Å². The van der Waals surface area contributed by atoms with Gasteiger partial charge in [-0.05, 0) is 12.1 Å². The molecule has 0 saturated carbocycles. The maximum absolute atomic E-state index is 12.1. The highest BCUT2D eigenvalue weighted by Crippen LogP contribution is 2.26. The number of hydrogen-bond donors (Lipinski definition) is 0. The molecule has 1 aromatic carbocycles. The monoisotopic (exact) mass is 360 g/mol. The number of anilines is 1. The van der Waals surface area contributed by atoms with Crippen molar-refractivity contribution in [3.63, 3.8) is 0 Å². The lowest BCUT2D eigenvalue weighted by molar-refractivity contribution is 0.247. The molecule has 2 aromatic heterocycles. The van der Waals surface area contributed by atoms with Crippen molar-refractivity contribution in [2.45, 2.75) is 6.54 Å². The summed E-state index contributed by atoms with van der Waals surface area (Å²) in [4.78, 5) is 22.1. The summed E-state index contributed by atoms with van der Waals surface area (Å²) in [7, 11) is 0. The maximum atomic E-state index is 12.1. The summed E-state index contributed by atoms with van der Waals surface area (Å²) in [6.07, 6.45) is 1.77. The second-order valence-electron chi connectivity index (χ2n) is 5.86. The van der Waals surface area contributed by atoms with Crippen LogP contribution < -0.4 is 10.5 Å². The van der Waals surface area contributed by atoms with Gasteiger partial charge in [-0.15, -0.1) is 11.3 Å². The summed E-state index contributed by atoms with van der Waals surface area (Å²) in [6, 6.07) is 9.59. The quantitative estimate of drug-likeness (QED) is 0.720. The lowest BCUT2D eigenvalue weighted by atomic mass is 10.2. The summed E-state index contributed by atoms with van der Waals surface area (Å²) in [5.74, 6) is 0. The van der Waals surface area contributed by atoms with Gasteiger partial charge in [-0.3, -0.25) is 14.1 Å². The van der Waals surface area contributed by atoms with Gasteiger partial charge in [0.05, 0.1) is 16.4 Å². The van der Waals surface area contributed by atoms with E-state index in [9.17, 15) is 4.79 Å². The number of para-hydroxylation sites is 1. The molecule has 4 rings (SSSR count). The van der Waals surface area contributed by atoms with Gasteiger partial charge in [0.1, 0.15) is 0 Å². The van der Waals surface area contributed by atoms with Crippen LogP contribution in [0.4, 0.5) is 5.69 Å². The SMILES string of the molecule is O=c1cc(CN2CCN(c3ccccc3Cl)CC2)nc2sccn12. The number of hydrogen-bond acceptors (Lipinski definition) is 5. The molecule has 0 radical (unpaired) electrons. The Morgan fingerprint density at radius 1 is 1.17 bits per heavy atom. The topological polar surface area (TPSA) is 40.9 Å². The average molecular weight is 361 g/mol.